The lowest BCUT2D eigenvalue weighted by Crippen LogP contribution is -2.26. The normalized spacial score (nSPS) is 12.2. The van der Waals surface area contributed by atoms with Gasteiger partial charge in [0.15, 0.2) is 0 Å². The number of hydrogen-bond acceptors (Lipinski definition) is 3. The molecule has 0 radical (unpaired) electrons. The summed E-state index contributed by atoms with van der Waals surface area (Å²) < 4.78 is 18.8. The molecular formula is C23H22FN3O2. The van der Waals surface area contributed by atoms with Crippen molar-refractivity contribution < 1.29 is 13.6 Å². The number of benzene rings is 2. The molecule has 0 bridgehead atoms. The third kappa shape index (κ3) is 4.71. The van der Waals surface area contributed by atoms with Crippen molar-refractivity contribution in [2.24, 2.45) is 0 Å². The molecule has 0 aliphatic carbocycles. The van der Waals surface area contributed by atoms with Crippen LogP contribution in [0.25, 0.3) is 11.0 Å². The summed E-state index contributed by atoms with van der Waals surface area (Å²) in [5, 5.41) is 2.96. The lowest BCUT2D eigenvalue weighted by Gasteiger charge is -2.15. The number of carbonyl (C=O) groups is 1. The molecular weight excluding hydrogens is 369 g/mol. The quantitative estimate of drug-likeness (QED) is 0.462. The maximum Gasteiger partial charge on any atom is 0.220 e. The lowest BCUT2D eigenvalue weighted by atomic mass is 9.93. The molecule has 4 aromatic rings. The summed E-state index contributed by atoms with van der Waals surface area (Å²) >= 11 is 0. The number of hydrogen-bond donors (Lipinski definition) is 2. The van der Waals surface area contributed by atoms with E-state index in [0.717, 1.165) is 28.2 Å². The highest BCUT2D eigenvalue weighted by Gasteiger charge is 2.17. The van der Waals surface area contributed by atoms with Gasteiger partial charge in [-0.2, -0.15) is 0 Å². The van der Waals surface area contributed by atoms with Gasteiger partial charge in [-0.15, -0.1) is 0 Å². The van der Waals surface area contributed by atoms with Crippen LogP contribution in [0.4, 0.5) is 4.39 Å². The molecule has 2 N–H and O–H groups in total. The number of imidazole rings is 1. The van der Waals surface area contributed by atoms with Crippen LogP contribution in [0.2, 0.25) is 0 Å². The van der Waals surface area contributed by atoms with Crippen LogP contribution in [0.1, 0.15) is 35.9 Å². The van der Waals surface area contributed by atoms with E-state index >= 15 is 0 Å². The molecule has 0 unspecified atom stereocenters. The van der Waals surface area contributed by atoms with Crippen LogP contribution in [0.3, 0.4) is 0 Å². The number of aryl methyl sites for hydroxylation is 1. The summed E-state index contributed by atoms with van der Waals surface area (Å²) in [5.74, 6) is 1.27. The van der Waals surface area contributed by atoms with Gasteiger partial charge in [0.05, 0.1) is 17.3 Å². The number of amides is 1. The summed E-state index contributed by atoms with van der Waals surface area (Å²) in [6.45, 7) is 0.502. The van der Waals surface area contributed by atoms with E-state index in [1.54, 1.807) is 18.4 Å². The van der Waals surface area contributed by atoms with Gasteiger partial charge in [0, 0.05) is 25.3 Å². The number of furan rings is 1. The molecule has 0 saturated carbocycles. The van der Waals surface area contributed by atoms with E-state index in [4.69, 9.17) is 4.42 Å². The molecule has 6 heteroatoms. The van der Waals surface area contributed by atoms with Gasteiger partial charge in [-0.1, -0.05) is 24.3 Å². The van der Waals surface area contributed by atoms with Crippen LogP contribution >= 0.6 is 0 Å². The minimum Gasteiger partial charge on any atom is -0.469 e. The Labute approximate surface area is 168 Å². The van der Waals surface area contributed by atoms with Crippen LogP contribution in [-0.4, -0.2) is 22.4 Å². The summed E-state index contributed by atoms with van der Waals surface area (Å²) in [5.41, 5.74) is 2.84. The van der Waals surface area contributed by atoms with Gasteiger partial charge >= 0.3 is 0 Å². The average molecular weight is 391 g/mol. The first-order chi connectivity index (χ1) is 14.2. The van der Waals surface area contributed by atoms with Crippen LogP contribution < -0.4 is 5.32 Å². The van der Waals surface area contributed by atoms with Crippen molar-refractivity contribution in [2.45, 2.75) is 25.2 Å². The summed E-state index contributed by atoms with van der Waals surface area (Å²) in [7, 11) is 0. The molecule has 4 rings (SSSR count). The number of aromatic amines is 1. The topological polar surface area (TPSA) is 70.9 Å². The molecule has 148 valence electrons. The minimum absolute atomic E-state index is 0.0252. The van der Waals surface area contributed by atoms with E-state index in [1.165, 1.54) is 12.1 Å². The summed E-state index contributed by atoms with van der Waals surface area (Å²) in [4.78, 5) is 20.0. The minimum atomic E-state index is -0.272. The maximum absolute atomic E-state index is 13.3. The highest BCUT2D eigenvalue weighted by Crippen LogP contribution is 2.28. The van der Waals surface area contributed by atoms with E-state index in [-0.39, 0.29) is 17.6 Å². The zero-order valence-electron chi connectivity index (χ0n) is 15.9. The number of aromatic nitrogens is 2. The van der Waals surface area contributed by atoms with E-state index in [0.29, 0.717) is 25.8 Å². The van der Waals surface area contributed by atoms with Gasteiger partial charge in [-0.25, -0.2) is 9.37 Å². The number of H-pyrrole nitrogens is 1. The molecule has 0 fully saturated rings. The molecule has 0 aliphatic rings. The number of nitrogens with one attached hydrogen (secondary N) is 2. The second kappa shape index (κ2) is 8.73. The Balaban J connectivity index is 1.31. The third-order valence-corrected chi connectivity index (χ3v) is 4.94. The number of nitrogens with zero attached hydrogens (tertiary/aromatic N) is 1. The first-order valence-electron chi connectivity index (χ1n) is 9.68. The van der Waals surface area contributed by atoms with Crippen molar-refractivity contribution in [3.8, 4) is 0 Å². The molecule has 2 heterocycles. The van der Waals surface area contributed by atoms with Crippen LogP contribution in [0.5, 0.6) is 0 Å². The van der Waals surface area contributed by atoms with E-state index in [9.17, 15) is 9.18 Å². The Morgan fingerprint density at radius 3 is 2.69 bits per heavy atom. The van der Waals surface area contributed by atoms with E-state index in [1.807, 2.05) is 36.4 Å². The smallest absolute Gasteiger partial charge is 0.220 e. The number of halogens is 1. The second-order valence-electron chi connectivity index (χ2n) is 6.96. The van der Waals surface area contributed by atoms with Crippen molar-refractivity contribution in [3.05, 3.63) is 89.9 Å². The maximum atomic E-state index is 13.3. The van der Waals surface area contributed by atoms with E-state index < -0.39 is 0 Å². The Morgan fingerprint density at radius 2 is 1.93 bits per heavy atom. The Kier molecular flexibility index (Phi) is 5.70. The SMILES string of the molecule is O=C(CCc1nc2ccccc2[nH]1)NCC[C@@H](c1ccc(F)cc1)c1ccco1. The van der Waals surface area contributed by atoms with Crippen LogP contribution in [0.15, 0.2) is 71.3 Å². The molecule has 0 aliphatic heterocycles. The predicted octanol–water partition coefficient (Wildman–Crippen LogP) is 4.57. The molecule has 2 aromatic heterocycles. The molecule has 0 saturated heterocycles. The fraction of sp³-hybridized carbons (Fsp3) is 0.217. The standard InChI is InChI=1S/C23H22FN3O2/c24-17-9-7-16(8-10-17)18(21-6-3-15-29-21)13-14-25-23(28)12-11-22-26-19-4-1-2-5-20(19)27-22/h1-10,15,18H,11-14H2,(H,25,28)(H,26,27)/t18-/m0/s1. The number of carbonyl (C=O) groups excluding carboxylic acids is 1. The summed E-state index contributed by atoms with van der Waals surface area (Å²) in [6.07, 6.45) is 3.20. The first kappa shape index (κ1) is 18.9. The Morgan fingerprint density at radius 1 is 1.10 bits per heavy atom. The molecule has 1 atom stereocenters. The van der Waals surface area contributed by atoms with Crippen LogP contribution in [0, 0.1) is 5.82 Å². The van der Waals surface area contributed by atoms with Gasteiger partial charge in [0.2, 0.25) is 5.91 Å². The fourth-order valence-electron chi connectivity index (χ4n) is 3.46. The van der Waals surface area contributed by atoms with Gasteiger partial charge in [-0.3, -0.25) is 4.79 Å². The van der Waals surface area contributed by atoms with Crippen molar-refractivity contribution in [1.82, 2.24) is 15.3 Å². The number of para-hydroxylation sites is 2. The van der Waals surface area contributed by atoms with Crippen molar-refractivity contribution in [3.63, 3.8) is 0 Å². The Bertz CT molecular complexity index is 1040. The highest BCUT2D eigenvalue weighted by molar-refractivity contribution is 5.77. The van der Waals surface area contributed by atoms with Crippen molar-refractivity contribution in [1.29, 1.82) is 0 Å². The zero-order valence-corrected chi connectivity index (χ0v) is 15.9. The van der Waals surface area contributed by atoms with Crippen molar-refractivity contribution in [2.75, 3.05) is 6.54 Å². The molecule has 29 heavy (non-hydrogen) atoms. The van der Waals surface area contributed by atoms with Gasteiger partial charge in [0.1, 0.15) is 17.4 Å². The van der Waals surface area contributed by atoms with Crippen LogP contribution in [-0.2, 0) is 11.2 Å². The highest BCUT2D eigenvalue weighted by atomic mass is 19.1. The largest absolute Gasteiger partial charge is 0.469 e. The van der Waals surface area contributed by atoms with Gasteiger partial charge in [0.25, 0.3) is 0 Å². The molecule has 1 amide bonds. The number of fused-ring (bicyclic) bond motifs is 1. The van der Waals surface area contributed by atoms with Gasteiger partial charge in [-0.05, 0) is 48.4 Å². The lowest BCUT2D eigenvalue weighted by molar-refractivity contribution is -0.121. The summed E-state index contributed by atoms with van der Waals surface area (Å²) in [6, 6.07) is 17.9. The molecule has 0 spiro atoms. The zero-order chi connectivity index (χ0) is 20.1. The Hall–Kier alpha value is -3.41. The van der Waals surface area contributed by atoms with Gasteiger partial charge < -0.3 is 14.7 Å². The average Bonchev–Trinajstić information content (AvgIpc) is 3.40. The monoisotopic (exact) mass is 391 g/mol. The third-order valence-electron chi connectivity index (χ3n) is 4.94. The first-order valence-corrected chi connectivity index (χ1v) is 9.68. The van der Waals surface area contributed by atoms with E-state index in [2.05, 4.69) is 15.3 Å². The molecule has 2 aromatic carbocycles. The number of rotatable bonds is 8. The fourth-order valence-corrected chi connectivity index (χ4v) is 3.46. The second-order valence-corrected chi connectivity index (χ2v) is 6.96. The predicted molar refractivity (Wildman–Crippen MR) is 109 cm³/mol. The van der Waals surface area contributed by atoms with Crippen molar-refractivity contribution >= 4 is 16.9 Å². The molecule has 5 nitrogen and oxygen atoms in total.